The highest BCUT2D eigenvalue weighted by Crippen LogP contribution is 2.35. The Hall–Kier alpha value is -4.09. The SMILES string of the molecule is CC(=O)Nc1ccc(-c2cccc3c2CN(C(=CO)C(=O)NC(CO)c2nc(C)ns2)C3=O)cc1. The number of carbonyl (C=O) groups excluding carboxylic acids is 3. The number of rotatable bonds is 7. The maximum Gasteiger partial charge on any atom is 0.271 e. The first-order chi connectivity index (χ1) is 16.8. The van der Waals surface area contributed by atoms with Gasteiger partial charge in [-0.05, 0) is 53.3 Å². The van der Waals surface area contributed by atoms with E-state index in [-0.39, 0.29) is 18.1 Å². The summed E-state index contributed by atoms with van der Waals surface area (Å²) in [6.07, 6.45) is 0.584. The van der Waals surface area contributed by atoms with Crippen LogP contribution in [0.1, 0.15) is 39.7 Å². The number of hydrogen-bond acceptors (Lipinski definition) is 8. The Labute approximate surface area is 205 Å². The van der Waals surface area contributed by atoms with Gasteiger partial charge in [0.05, 0.1) is 13.2 Å². The predicted molar refractivity (Wildman–Crippen MR) is 129 cm³/mol. The highest BCUT2D eigenvalue weighted by Gasteiger charge is 2.35. The topological polar surface area (TPSA) is 145 Å². The van der Waals surface area contributed by atoms with Gasteiger partial charge in [0.25, 0.3) is 11.8 Å². The van der Waals surface area contributed by atoms with E-state index in [1.165, 1.54) is 11.8 Å². The molecule has 4 N–H and O–H groups in total. The second-order valence-corrected chi connectivity index (χ2v) is 8.67. The molecular weight excluding hydrogens is 470 g/mol. The summed E-state index contributed by atoms with van der Waals surface area (Å²) < 4.78 is 4.05. The van der Waals surface area contributed by atoms with E-state index in [4.69, 9.17) is 0 Å². The molecule has 0 bridgehead atoms. The normalized spacial score (nSPS) is 14.0. The monoisotopic (exact) mass is 493 g/mol. The van der Waals surface area contributed by atoms with Gasteiger partial charge in [-0.2, -0.15) is 4.37 Å². The van der Waals surface area contributed by atoms with Crippen LogP contribution in [-0.4, -0.2) is 48.8 Å². The van der Waals surface area contributed by atoms with Crippen LogP contribution in [-0.2, 0) is 16.1 Å². The molecule has 1 aliphatic heterocycles. The minimum Gasteiger partial charge on any atom is -0.513 e. The number of anilines is 1. The summed E-state index contributed by atoms with van der Waals surface area (Å²) in [5.41, 5.74) is 3.14. The molecule has 180 valence electrons. The van der Waals surface area contributed by atoms with Gasteiger partial charge in [-0.3, -0.25) is 19.3 Å². The number of hydrogen-bond donors (Lipinski definition) is 4. The van der Waals surface area contributed by atoms with Crippen LogP contribution in [0.5, 0.6) is 0 Å². The van der Waals surface area contributed by atoms with Crippen molar-refractivity contribution in [2.75, 3.05) is 11.9 Å². The summed E-state index contributed by atoms with van der Waals surface area (Å²) in [4.78, 5) is 42.8. The van der Waals surface area contributed by atoms with Gasteiger partial charge in [0.2, 0.25) is 5.91 Å². The number of fused-ring (bicyclic) bond motifs is 1. The molecule has 1 aliphatic rings. The summed E-state index contributed by atoms with van der Waals surface area (Å²) >= 11 is 1.05. The van der Waals surface area contributed by atoms with Crippen LogP contribution < -0.4 is 10.6 Å². The number of carbonyl (C=O) groups is 3. The van der Waals surface area contributed by atoms with E-state index in [0.717, 1.165) is 22.7 Å². The third-order valence-electron chi connectivity index (χ3n) is 5.46. The van der Waals surface area contributed by atoms with Crippen LogP contribution in [0.15, 0.2) is 54.4 Å². The first kappa shape index (κ1) is 24.0. The number of nitrogens with zero attached hydrogens (tertiary/aromatic N) is 3. The molecule has 3 amide bonds. The molecule has 11 heteroatoms. The maximum atomic E-state index is 13.2. The van der Waals surface area contributed by atoms with Gasteiger partial charge in [-0.1, -0.05) is 24.3 Å². The van der Waals surface area contributed by atoms with Crippen molar-refractivity contribution in [2.45, 2.75) is 26.4 Å². The largest absolute Gasteiger partial charge is 0.513 e. The molecule has 1 atom stereocenters. The molecular formula is C24H23N5O5S. The zero-order chi connectivity index (χ0) is 25.1. The molecule has 0 aliphatic carbocycles. The molecule has 35 heavy (non-hydrogen) atoms. The fourth-order valence-electron chi connectivity index (χ4n) is 3.86. The van der Waals surface area contributed by atoms with E-state index in [2.05, 4.69) is 20.0 Å². The smallest absolute Gasteiger partial charge is 0.271 e. The number of aliphatic hydroxyl groups is 2. The van der Waals surface area contributed by atoms with Gasteiger partial charge in [0.1, 0.15) is 28.8 Å². The Bertz CT molecular complexity index is 1320. The van der Waals surface area contributed by atoms with Crippen molar-refractivity contribution in [1.29, 1.82) is 0 Å². The number of aliphatic hydroxyl groups excluding tert-OH is 2. The minimum atomic E-state index is -0.832. The van der Waals surface area contributed by atoms with Gasteiger partial charge in [0.15, 0.2) is 0 Å². The number of nitrogens with one attached hydrogen (secondary N) is 2. The zero-order valence-electron chi connectivity index (χ0n) is 19.0. The van der Waals surface area contributed by atoms with Gasteiger partial charge < -0.3 is 20.8 Å². The number of amides is 3. The van der Waals surface area contributed by atoms with Crippen molar-refractivity contribution in [3.8, 4) is 11.1 Å². The predicted octanol–water partition coefficient (Wildman–Crippen LogP) is 2.68. The highest BCUT2D eigenvalue weighted by molar-refractivity contribution is 7.05. The molecule has 0 spiro atoms. The first-order valence-corrected chi connectivity index (χ1v) is 11.5. The first-order valence-electron chi connectivity index (χ1n) is 10.7. The van der Waals surface area contributed by atoms with Crippen LogP contribution in [0.3, 0.4) is 0 Å². The van der Waals surface area contributed by atoms with E-state index < -0.39 is 24.5 Å². The van der Waals surface area contributed by atoms with E-state index in [0.29, 0.717) is 33.9 Å². The lowest BCUT2D eigenvalue weighted by molar-refractivity contribution is -0.120. The highest BCUT2D eigenvalue weighted by atomic mass is 32.1. The fraction of sp³-hybridized carbons (Fsp3) is 0.208. The molecule has 10 nitrogen and oxygen atoms in total. The minimum absolute atomic E-state index is 0.0688. The van der Waals surface area contributed by atoms with Crippen LogP contribution >= 0.6 is 11.5 Å². The summed E-state index contributed by atoms with van der Waals surface area (Å²) in [6.45, 7) is 2.77. The average molecular weight is 494 g/mol. The standard InChI is InChI=1S/C24H23N5O5S/c1-13-25-23(35-28-13)20(11-30)27-22(33)21(12-31)29-10-19-17(4-3-5-18(19)24(29)34)15-6-8-16(9-7-15)26-14(2)32/h3-9,12,20,30-31H,10-11H2,1-2H3,(H,26,32)(H,27,33). The van der Waals surface area contributed by atoms with Gasteiger partial charge in [-0.15, -0.1) is 0 Å². The lowest BCUT2D eigenvalue weighted by Crippen LogP contribution is -2.38. The summed E-state index contributed by atoms with van der Waals surface area (Å²) in [5, 5.41) is 25.3. The zero-order valence-corrected chi connectivity index (χ0v) is 19.8. The second-order valence-electron chi connectivity index (χ2n) is 7.88. The van der Waals surface area contributed by atoms with Gasteiger partial charge in [-0.25, -0.2) is 4.98 Å². The quantitative estimate of drug-likeness (QED) is 0.292. The average Bonchev–Trinajstić information content (AvgIpc) is 3.41. The molecule has 2 heterocycles. The molecule has 0 saturated carbocycles. The molecule has 2 aromatic carbocycles. The van der Waals surface area contributed by atoms with Crippen molar-refractivity contribution in [1.82, 2.24) is 19.6 Å². The van der Waals surface area contributed by atoms with Crippen molar-refractivity contribution in [3.63, 3.8) is 0 Å². The lowest BCUT2D eigenvalue weighted by Gasteiger charge is -2.20. The Kier molecular flexibility index (Phi) is 6.90. The van der Waals surface area contributed by atoms with Crippen molar-refractivity contribution in [3.05, 3.63) is 76.4 Å². The Morgan fingerprint density at radius 3 is 2.51 bits per heavy atom. The number of aryl methyl sites for hydroxylation is 1. The molecule has 1 aromatic heterocycles. The van der Waals surface area contributed by atoms with Crippen molar-refractivity contribution in [2.24, 2.45) is 0 Å². The molecule has 0 saturated heterocycles. The van der Waals surface area contributed by atoms with Crippen LogP contribution in [0.4, 0.5) is 5.69 Å². The number of aromatic nitrogens is 2. The number of benzene rings is 2. The van der Waals surface area contributed by atoms with Crippen LogP contribution in [0.2, 0.25) is 0 Å². The van der Waals surface area contributed by atoms with Gasteiger partial charge >= 0.3 is 0 Å². The molecule has 4 rings (SSSR count). The summed E-state index contributed by atoms with van der Waals surface area (Å²) in [7, 11) is 0. The molecule has 3 aromatic rings. The lowest BCUT2D eigenvalue weighted by atomic mass is 9.97. The Balaban J connectivity index is 1.57. The fourth-order valence-corrected chi connectivity index (χ4v) is 4.56. The van der Waals surface area contributed by atoms with E-state index in [1.807, 2.05) is 18.2 Å². The van der Waals surface area contributed by atoms with Crippen molar-refractivity contribution >= 4 is 34.9 Å². The Morgan fingerprint density at radius 2 is 1.91 bits per heavy atom. The van der Waals surface area contributed by atoms with E-state index in [1.54, 1.807) is 31.2 Å². The maximum absolute atomic E-state index is 13.2. The van der Waals surface area contributed by atoms with Crippen LogP contribution in [0, 0.1) is 6.92 Å². The van der Waals surface area contributed by atoms with Crippen LogP contribution in [0.25, 0.3) is 11.1 Å². The summed E-state index contributed by atoms with van der Waals surface area (Å²) in [5.74, 6) is -0.828. The van der Waals surface area contributed by atoms with E-state index in [9.17, 15) is 24.6 Å². The Morgan fingerprint density at radius 1 is 1.20 bits per heavy atom. The summed E-state index contributed by atoms with van der Waals surface area (Å²) in [6, 6.07) is 11.6. The third-order valence-corrected chi connectivity index (χ3v) is 6.38. The molecule has 0 fully saturated rings. The van der Waals surface area contributed by atoms with E-state index >= 15 is 0 Å². The molecule has 1 unspecified atom stereocenters. The molecule has 0 radical (unpaired) electrons. The third kappa shape index (κ3) is 4.91. The van der Waals surface area contributed by atoms with Crippen molar-refractivity contribution < 1.29 is 24.6 Å². The second kappa shape index (κ2) is 10.0. The van der Waals surface area contributed by atoms with Gasteiger partial charge in [0, 0.05) is 18.2 Å².